The lowest BCUT2D eigenvalue weighted by molar-refractivity contribution is -0.117. The quantitative estimate of drug-likeness (QED) is 0.771. The molecule has 7 heteroatoms. The number of urea groups is 1. The molecule has 3 amide bonds. The van der Waals surface area contributed by atoms with Crippen molar-refractivity contribution in [3.05, 3.63) is 23.8 Å². The van der Waals surface area contributed by atoms with E-state index in [0.29, 0.717) is 38.4 Å². The van der Waals surface area contributed by atoms with Crippen LogP contribution in [-0.4, -0.2) is 50.8 Å². The number of benzene rings is 1. The van der Waals surface area contributed by atoms with Gasteiger partial charge in [-0.2, -0.15) is 0 Å². The highest BCUT2D eigenvalue weighted by Crippen LogP contribution is 2.31. The molecule has 1 atom stereocenters. The van der Waals surface area contributed by atoms with Gasteiger partial charge in [-0.15, -0.1) is 0 Å². The summed E-state index contributed by atoms with van der Waals surface area (Å²) in [6.07, 6.45) is 1.21. The van der Waals surface area contributed by atoms with Gasteiger partial charge in [0.15, 0.2) is 0 Å². The normalized spacial score (nSPS) is 19.7. The van der Waals surface area contributed by atoms with Gasteiger partial charge < -0.3 is 20.7 Å². The minimum absolute atomic E-state index is 0.0551. The molecule has 3 N–H and O–H groups in total. The number of nitrogens with one attached hydrogen (secondary N) is 3. The first-order chi connectivity index (χ1) is 11.7. The molecular formula is C17H24N4O3. The number of ether oxygens (including phenoxy) is 1. The van der Waals surface area contributed by atoms with Crippen LogP contribution in [0.1, 0.15) is 18.9 Å². The second-order valence-electron chi connectivity index (χ2n) is 6.06. The van der Waals surface area contributed by atoms with E-state index in [4.69, 9.17) is 4.74 Å². The van der Waals surface area contributed by atoms with Gasteiger partial charge in [0.25, 0.3) is 0 Å². The molecule has 0 radical (unpaired) electrons. The van der Waals surface area contributed by atoms with Crippen LogP contribution in [0, 0.1) is 0 Å². The predicted molar refractivity (Wildman–Crippen MR) is 92.4 cm³/mol. The number of fused-ring (bicyclic) bond motifs is 1. The largest absolute Gasteiger partial charge is 0.378 e. The van der Waals surface area contributed by atoms with E-state index in [1.807, 2.05) is 25.1 Å². The van der Waals surface area contributed by atoms with E-state index in [-0.39, 0.29) is 18.0 Å². The van der Waals surface area contributed by atoms with E-state index in [1.54, 1.807) is 4.90 Å². The highest BCUT2D eigenvalue weighted by Gasteiger charge is 2.25. The lowest BCUT2D eigenvalue weighted by Crippen LogP contribution is -2.43. The second-order valence-corrected chi connectivity index (χ2v) is 6.06. The van der Waals surface area contributed by atoms with Gasteiger partial charge in [-0.3, -0.25) is 9.69 Å². The Morgan fingerprint density at radius 3 is 3.04 bits per heavy atom. The summed E-state index contributed by atoms with van der Waals surface area (Å²) in [5.41, 5.74) is 2.71. The number of amides is 3. The van der Waals surface area contributed by atoms with Crippen molar-refractivity contribution >= 4 is 23.3 Å². The van der Waals surface area contributed by atoms with E-state index >= 15 is 0 Å². The Bertz CT molecular complexity index is 614. The van der Waals surface area contributed by atoms with Gasteiger partial charge in [0.1, 0.15) is 0 Å². The van der Waals surface area contributed by atoms with Crippen LogP contribution < -0.4 is 20.9 Å². The lowest BCUT2D eigenvalue weighted by Gasteiger charge is -2.23. The van der Waals surface area contributed by atoms with E-state index in [0.717, 1.165) is 24.2 Å². The number of morpholine rings is 1. The first-order valence-electron chi connectivity index (χ1n) is 8.46. The summed E-state index contributed by atoms with van der Waals surface area (Å²) in [7, 11) is 0. The van der Waals surface area contributed by atoms with Crippen molar-refractivity contribution in [1.29, 1.82) is 0 Å². The molecule has 0 bridgehead atoms. The van der Waals surface area contributed by atoms with Crippen LogP contribution in [0.5, 0.6) is 0 Å². The average molecular weight is 332 g/mol. The molecule has 0 aromatic heterocycles. The third kappa shape index (κ3) is 3.85. The van der Waals surface area contributed by atoms with Crippen LogP contribution in [0.2, 0.25) is 0 Å². The van der Waals surface area contributed by atoms with Crippen molar-refractivity contribution in [3.8, 4) is 0 Å². The number of hydrogen-bond donors (Lipinski definition) is 3. The number of rotatable bonds is 4. The molecule has 2 aliphatic heterocycles. The lowest BCUT2D eigenvalue weighted by atomic mass is 10.1. The number of anilines is 2. The van der Waals surface area contributed by atoms with Crippen LogP contribution in [0.3, 0.4) is 0 Å². The highest BCUT2D eigenvalue weighted by atomic mass is 16.5. The molecule has 24 heavy (non-hydrogen) atoms. The molecule has 7 nitrogen and oxygen atoms in total. The molecule has 0 saturated carbocycles. The summed E-state index contributed by atoms with van der Waals surface area (Å²) in [5.74, 6) is -0.0551. The number of nitrogens with zero attached hydrogens (tertiary/aromatic N) is 1. The molecule has 1 saturated heterocycles. The molecule has 2 heterocycles. The fourth-order valence-electron chi connectivity index (χ4n) is 3.10. The molecule has 0 aliphatic carbocycles. The van der Waals surface area contributed by atoms with Crippen LogP contribution in [0.25, 0.3) is 0 Å². The summed E-state index contributed by atoms with van der Waals surface area (Å²) in [6, 6.07) is 5.71. The van der Waals surface area contributed by atoms with E-state index in [9.17, 15) is 9.59 Å². The van der Waals surface area contributed by atoms with Crippen molar-refractivity contribution in [2.24, 2.45) is 0 Å². The SMILES string of the molecule is CCNC(=O)N1CCc2ccc(NC(=O)CC3COCCN3)cc21. The third-order valence-electron chi connectivity index (χ3n) is 4.27. The zero-order valence-corrected chi connectivity index (χ0v) is 13.9. The summed E-state index contributed by atoms with van der Waals surface area (Å²) in [4.78, 5) is 26.0. The zero-order chi connectivity index (χ0) is 16.9. The van der Waals surface area contributed by atoms with Gasteiger partial charge in [-0.1, -0.05) is 6.07 Å². The molecule has 1 unspecified atom stereocenters. The fourth-order valence-corrected chi connectivity index (χ4v) is 3.10. The van der Waals surface area contributed by atoms with Gasteiger partial charge in [-0.05, 0) is 31.0 Å². The first kappa shape index (κ1) is 16.7. The van der Waals surface area contributed by atoms with Crippen LogP contribution in [0.4, 0.5) is 16.2 Å². The Kier molecular flexibility index (Phi) is 5.32. The highest BCUT2D eigenvalue weighted by molar-refractivity contribution is 5.96. The Balaban J connectivity index is 1.64. The minimum Gasteiger partial charge on any atom is -0.378 e. The molecule has 1 fully saturated rings. The standard InChI is InChI=1S/C17H24N4O3/c1-2-18-17(23)21-7-5-12-3-4-13(9-15(12)21)20-16(22)10-14-11-24-8-6-19-14/h3-4,9,14,19H,2,5-8,10-11H2,1H3,(H,18,23)(H,20,22). The Labute approximate surface area is 141 Å². The van der Waals surface area contributed by atoms with E-state index in [1.165, 1.54) is 0 Å². The van der Waals surface area contributed by atoms with Crippen molar-refractivity contribution in [2.75, 3.05) is 43.1 Å². The number of carbonyl (C=O) groups is 2. The maximum atomic E-state index is 12.2. The third-order valence-corrected chi connectivity index (χ3v) is 4.27. The second kappa shape index (κ2) is 7.63. The predicted octanol–water partition coefficient (Wildman–Crippen LogP) is 1.10. The molecule has 1 aromatic rings. The topological polar surface area (TPSA) is 82.7 Å². The van der Waals surface area contributed by atoms with E-state index in [2.05, 4.69) is 16.0 Å². The molecular weight excluding hydrogens is 308 g/mol. The van der Waals surface area contributed by atoms with Crippen molar-refractivity contribution < 1.29 is 14.3 Å². The van der Waals surface area contributed by atoms with Crippen molar-refractivity contribution in [2.45, 2.75) is 25.8 Å². The smallest absolute Gasteiger partial charge is 0.321 e. The van der Waals surface area contributed by atoms with Gasteiger partial charge >= 0.3 is 6.03 Å². The van der Waals surface area contributed by atoms with Gasteiger partial charge in [-0.25, -0.2) is 4.79 Å². The Morgan fingerprint density at radius 2 is 2.29 bits per heavy atom. The summed E-state index contributed by atoms with van der Waals surface area (Å²) in [5, 5.41) is 9.00. The maximum Gasteiger partial charge on any atom is 0.321 e. The zero-order valence-electron chi connectivity index (χ0n) is 13.9. The Morgan fingerprint density at radius 1 is 1.42 bits per heavy atom. The van der Waals surface area contributed by atoms with Gasteiger partial charge in [0, 0.05) is 37.8 Å². The molecule has 0 spiro atoms. The van der Waals surface area contributed by atoms with E-state index < -0.39 is 0 Å². The first-order valence-corrected chi connectivity index (χ1v) is 8.46. The van der Waals surface area contributed by atoms with Gasteiger partial charge in [0.05, 0.1) is 18.9 Å². The van der Waals surface area contributed by atoms with Crippen molar-refractivity contribution in [1.82, 2.24) is 10.6 Å². The Hall–Kier alpha value is -2.12. The van der Waals surface area contributed by atoms with Crippen LogP contribution >= 0.6 is 0 Å². The minimum atomic E-state index is -0.0942. The van der Waals surface area contributed by atoms with Gasteiger partial charge in [0.2, 0.25) is 5.91 Å². The monoisotopic (exact) mass is 332 g/mol. The average Bonchev–Trinajstić information content (AvgIpc) is 2.99. The van der Waals surface area contributed by atoms with Crippen LogP contribution in [0.15, 0.2) is 18.2 Å². The maximum absolute atomic E-state index is 12.2. The number of hydrogen-bond acceptors (Lipinski definition) is 4. The molecule has 3 rings (SSSR count). The molecule has 1 aromatic carbocycles. The fraction of sp³-hybridized carbons (Fsp3) is 0.529. The molecule has 130 valence electrons. The summed E-state index contributed by atoms with van der Waals surface area (Å²) >= 11 is 0. The summed E-state index contributed by atoms with van der Waals surface area (Å²) in [6.45, 7) is 5.19. The summed E-state index contributed by atoms with van der Waals surface area (Å²) < 4.78 is 5.36. The molecule has 2 aliphatic rings. The number of carbonyl (C=O) groups excluding carboxylic acids is 2. The van der Waals surface area contributed by atoms with Crippen molar-refractivity contribution in [3.63, 3.8) is 0 Å². The van der Waals surface area contributed by atoms with Crippen LogP contribution in [-0.2, 0) is 16.0 Å².